The number of halogens is 4. The van der Waals surface area contributed by atoms with Gasteiger partial charge in [-0.3, -0.25) is 0 Å². The molecule has 2 aliphatic rings. The average molecular weight is 242 g/mol. The van der Waals surface area contributed by atoms with Crippen LogP contribution in [0, 0.1) is 0 Å². The van der Waals surface area contributed by atoms with Crippen LogP contribution in [-0.4, -0.2) is 50.1 Å². The Bertz CT molecular complexity index is 229. The highest BCUT2D eigenvalue weighted by atomic mass is 19.2. The van der Waals surface area contributed by atoms with Crippen molar-refractivity contribution >= 4 is 0 Å². The molecule has 4 unspecified atom stereocenters. The fourth-order valence-electron chi connectivity index (χ4n) is 1.84. The Morgan fingerprint density at radius 1 is 1.12 bits per heavy atom. The number of alkyl halides is 4. The lowest BCUT2D eigenvalue weighted by Gasteiger charge is -2.29. The lowest BCUT2D eigenvalue weighted by molar-refractivity contribution is -0.0273. The van der Waals surface area contributed by atoms with Crippen LogP contribution in [0.1, 0.15) is 12.8 Å². The van der Waals surface area contributed by atoms with Crippen LogP contribution in [-0.2, 0) is 9.47 Å². The molecule has 0 radical (unpaired) electrons. The van der Waals surface area contributed by atoms with Gasteiger partial charge in [-0.15, -0.1) is 0 Å². The standard InChI is InChI=1S/C10H14F4O2/c11-3-8(12)9(13)10(14,1-6-4-15-6)2-7-5-16-7/h6-9H,1-5H2. The second-order valence-electron chi connectivity index (χ2n) is 4.43. The highest BCUT2D eigenvalue weighted by Crippen LogP contribution is 2.39. The van der Waals surface area contributed by atoms with Gasteiger partial charge >= 0.3 is 0 Å². The molecule has 16 heavy (non-hydrogen) atoms. The minimum atomic E-state index is -2.45. The number of rotatable bonds is 7. The van der Waals surface area contributed by atoms with E-state index in [1.54, 1.807) is 0 Å². The van der Waals surface area contributed by atoms with Crippen molar-refractivity contribution in [3.8, 4) is 0 Å². The van der Waals surface area contributed by atoms with Crippen molar-refractivity contribution in [3.05, 3.63) is 0 Å². The Kier molecular flexibility index (Phi) is 3.39. The molecule has 0 spiro atoms. The van der Waals surface area contributed by atoms with Crippen LogP contribution in [0.3, 0.4) is 0 Å². The highest BCUT2D eigenvalue weighted by Gasteiger charge is 2.51. The zero-order chi connectivity index (χ0) is 11.8. The minimum Gasteiger partial charge on any atom is -0.373 e. The van der Waals surface area contributed by atoms with E-state index >= 15 is 0 Å². The molecule has 2 rings (SSSR count). The average Bonchev–Trinajstić information content (AvgIpc) is 3.12. The number of epoxide rings is 2. The van der Waals surface area contributed by atoms with E-state index in [0.29, 0.717) is 13.2 Å². The smallest absolute Gasteiger partial charge is 0.168 e. The van der Waals surface area contributed by atoms with Gasteiger partial charge in [-0.05, 0) is 0 Å². The first-order valence-corrected chi connectivity index (χ1v) is 5.31. The number of hydrogen-bond acceptors (Lipinski definition) is 2. The summed E-state index contributed by atoms with van der Waals surface area (Å²) in [5.41, 5.74) is -2.38. The molecule has 6 heteroatoms. The molecule has 0 aromatic heterocycles. The summed E-state index contributed by atoms with van der Waals surface area (Å²) in [6.07, 6.45) is -6.06. The van der Waals surface area contributed by atoms with Crippen molar-refractivity contribution in [2.24, 2.45) is 0 Å². The molecule has 2 nitrogen and oxygen atoms in total. The van der Waals surface area contributed by atoms with Crippen LogP contribution in [0.15, 0.2) is 0 Å². The Balaban J connectivity index is 1.97. The van der Waals surface area contributed by atoms with Gasteiger partial charge < -0.3 is 9.47 Å². The third-order valence-corrected chi connectivity index (χ3v) is 2.90. The summed E-state index contributed by atoms with van der Waals surface area (Å²) in [4.78, 5) is 0. The van der Waals surface area contributed by atoms with E-state index in [9.17, 15) is 17.6 Å². The van der Waals surface area contributed by atoms with Crippen molar-refractivity contribution < 1.29 is 27.0 Å². The van der Waals surface area contributed by atoms with E-state index in [1.807, 2.05) is 0 Å². The maximum absolute atomic E-state index is 14.3. The van der Waals surface area contributed by atoms with E-state index in [4.69, 9.17) is 9.47 Å². The molecular weight excluding hydrogens is 228 g/mol. The van der Waals surface area contributed by atoms with Crippen LogP contribution in [0.25, 0.3) is 0 Å². The summed E-state index contributed by atoms with van der Waals surface area (Å²) >= 11 is 0. The predicted octanol–water partition coefficient (Wildman–Crippen LogP) is 1.92. The molecular formula is C10H14F4O2. The van der Waals surface area contributed by atoms with Gasteiger partial charge in [0.15, 0.2) is 12.3 Å². The number of ether oxygens (including phenoxy) is 2. The third kappa shape index (κ3) is 2.85. The van der Waals surface area contributed by atoms with Gasteiger partial charge in [0.05, 0.1) is 25.4 Å². The zero-order valence-electron chi connectivity index (χ0n) is 8.67. The quantitative estimate of drug-likeness (QED) is 0.503. The Morgan fingerprint density at radius 2 is 1.56 bits per heavy atom. The molecule has 2 heterocycles. The maximum Gasteiger partial charge on any atom is 0.168 e. The fraction of sp³-hybridized carbons (Fsp3) is 1.00. The van der Waals surface area contributed by atoms with E-state index in [0.717, 1.165) is 0 Å². The molecule has 2 saturated heterocycles. The second-order valence-corrected chi connectivity index (χ2v) is 4.43. The summed E-state index contributed by atoms with van der Waals surface area (Å²) in [6.45, 7) is -0.795. The van der Waals surface area contributed by atoms with Crippen LogP contribution in [0.2, 0.25) is 0 Å². The minimum absolute atomic E-state index is 0.228. The van der Waals surface area contributed by atoms with Crippen molar-refractivity contribution in [2.45, 2.75) is 43.1 Å². The van der Waals surface area contributed by atoms with Gasteiger partial charge in [0, 0.05) is 12.8 Å². The number of hydrogen-bond donors (Lipinski definition) is 0. The summed E-state index contributed by atoms with van der Waals surface area (Å²) in [5, 5.41) is 0. The molecule has 94 valence electrons. The van der Waals surface area contributed by atoms with Gasteiger partial charge in [-0.2, -0.15) is 0 Å². The topological polar surface area (TPSA) is 25.1 Å². The van der Waals surface area contributed by atoms with Gasteiger partial charge in [0.2, 0.25) is 0 Å². The van der Waals surface area contributed by atoms with E-state index < -0.39 is 24.7 Å². The van der Waals surface area contributed by atoms with Crippen LogP contribution < -0.4 is 0 Å². The first-order chi connectivity index (χ1) is 7.55. The Labute approximate surface area is 90.9 Å². The monoisotopic (exact) mass is 242 g/mol. The van der Waals surface area contributed by atoms with E-state index in [2.05, 4.69) is 0 Å². The van der Waals surface area contributed by atoms with Gasteiger partial charge in [-0.1, -0.05) is 0 Å². The van der Waals surface area contributed by atoms with Crippen molar-refractivity contribution in [2.75, 3.05) is 19.9 Å². The van der Waals surface area contributed by atoms with Crippen molar-refractivity contribution in [1.82, 2.24) is 0 Å². The molecule has 4 atom stereocenters. The molecule has 0 aromatic rings. The maximum atomic E-state index is 14.3. The molecule has 0 aromatic carbocycles. The van der Waals surface area contributed by atoms with Gasteiger partial charge in [0.25, 0.3) is 0 Å². The summed E-state index contributed by atoms with van der Waals surface area (Å²) < 4.78 is 62.3. The first-order valence-electron chi connectivity index (χ1n) is 5.31. The molecule has 2 fully saturated rings. The summed E-state index contributed by atoms with van der Waals surface area (Å²) in [5.74, 6) is 0. The summed E-state index contributed by atoms with van der Waals surface area (Å²) in [7, 11) is 0. The SMILES string of the molecule is FCC(F)C(F)C(F)(CC1CO1)CC1CO1. The lowest BCUT2D eigenvalue weighted by Crippen LogP contribution is -2.44. The van der Waals surface area contributed by atoms with E-state index in [-0.39, 0.29) is 25.0 Å². The lowest BCUT2D eigenvalue weighted by atomic mass is 9.87. The predicted molar refractivity (Wildman–Crippen MR) is 48.3 cm³/mol. The zero-order valence-corrected chi connectivity index (χ0v) is 8.67. The van der Waals surface area contributed by atoms with Crippen LogP contribution >= 0.6 is 0 Å². The molecule has 0 amide bonds. The normalized spacial score (nSPS) is 35.2. The van der Waals surface area contributed by atoms with Crippen LogP contribution in [0.5, 0.6) is 0 Å². The Hall–Kier alpha value is -0.360. The Morgan fingerprint density at radius 3 is 1.88 bits per heavy atom. The third-order valence-electron chi connectivity index (χ3n) is 2.90. The highest BCUT2D eigenvalue weighted by molar-refractivity contribution is 4.99. The first kappa shape index (κ1) is 12.1. The van der Waals surface area contributed by atoms with Crippen molar-refractivity contribution in [3.63, 3.8) is 0 Å². The van der Waals surface area contributed by atoms with Crippen molar-refractivity contribution in [1.29, 1.82) is 0 Å². The fourth-order valence-corrected chi connectivity index (χ4v) is 1.84. The molecule has 0 saturated carbocycles. The molecule has 0 bridgehead atoms. The van der Waals surface area contributed by atoms with E-state index in [1.165, 1.54) is 0 Å². The second kappa shape index (κ2) is 4.49. The van der Waals surface area contributed by atoms with Gasteiger partial charge in [0.1, 0.15) is 12.3 Å². The van der Waals surface area contributed by atoms with Gasteiger partial charge in [-0.25, -0.2) is 17.6 Å². The summed E-state index contributed by atoms with van der Waals surface area (Å²) in [6, 6.07) is 0. The molecule has 2 aliphatic heterocycles. The largest absolute Gasteiger partial charge is 0.373 e. The van der Waals surface area contributed by atoms with Crippen LogP contribution in [0.4, 0.5) is 17.6 Å². The molecule has 0 aliphatic carbocycles. The molecule has 0 N–H and O–H groups in total.